The molecule has 16 heavy (non-hydrogen) atoms. The number of aryl methyl sites for hydroxylation is 2. The molecular formula is C12H15N3O. The Morgan fingerprint density at radius 2 is 2.19 bits per heavy atom. The number of hydrogen-bond acceptors (Lipinski definition) is 3. The van der Waals surface area contributed by atoms with E-state index in [-0.39, 0.29) is 0 Å². The molecule has 0 spiro atoms. The van der Waals surface area contributed by atoms with Crippen molar-refractivity contribution >= 4 is 0 Å². The lowest BCUT2D eigenvalue weighted by molar-refractivity contribution is 0.203. The lowest BCUT2D eigenvalue weighted by atomic mass is 10.1. The Morgan fingerprint density at radius 1 is 1.38 bits per heavy atom. The summed E-state index contributed by atoms with van der Waals surface area (Å²) >= 11 is 0. The van der Waals surface area contributed by atoms with Gasteiger partial charge in [0.25, 0.3) is 0 Å². The smallest absolute Gasteiger partial charge is 0.137 e. The zero-order chi connectivity index (χ0) is 11.5. The van der Waals surface area contributed by atoms with Gasteiger partial charge in [-0.2, -0.15) is 5.10 Å². The molecule has 2 rings (SSSR count). The number of nitrogens with zero attached hydrogens (tertiary/aromatic N) is 3. The van der Waals surface area contributed by atoms with Gasteiger partial charge in [-0.25, -0.2) is 0 Å². The van der Waals surface area contributed by atoms with Crippen LogP contribution in [-0.4, -0.2) is 19.9 Å². The fourth-order valence-electron chi connectivity index (χ4n) is 1.63. The van der Waals surface area contributed by atoms with Gasteiger partial charge in [0.15, 0.2) is 0 Å². The summed E-state index contributed by atoms with van der Waals surface area (Å²) in [5.74, 6) is 0. The Labute approximate surface area is 94.6 Å². The zero-order valence-corrected chi connectivity index (χ0v) is 9.46. The number of aromatic nitrogens is 3. The highest BCUT2D eigenvalue weighted by molar-refractivity contribution is 5.21. The van der Waals surface area contributed by atoms with E-state index < -0.39 is 6.10 Å². The van der Waals surface area contributed by atoms with Crippen molar-refractivity contribution in [3.8, 4) is 0 Å². The Kier molecular flexibility index (Phi) is 3.01. The third kappa shape index (κ3) is 1.97. The first-order chi connectivity index (χ1) is 7.72. The minimum Gasteiger partial charge on any atom is -0.380 e. The van der Waals surface area contributed by atoms with Crippen LogP contribution in [0.4, 0.5) is 0 Å². The average molecular weight is 217 g/mol. The number of pyridine rings is 1. The third-order valence-corrected chi connectivity index (χ3v) is 2.54. The van der Waals surface area contributed by atoms with Crippen molar-refractivity contribution < 1.29 is 5.11 Å². The van der Waals surface area contributed by atoms with E-state index in [0.717, 1.165) is 17.8 Å². The van der Waals surface area contributed by atoms with Gasteiger partial charge in [0.2, 0.25) is 0 Å². The molecule has 0 bridgehead atoms. The quantitative estimate of drug-likeness (QED) is 0.851. The van der Waals surface area contributed by atoms with Crippen molar-refractivity contribution in [1.29, 1.82) is 0 Å². The van der Waals surface area contributed by atoms with Crippen molar-refractivity contribution in [2.24, 2.45) is 0 Å². The van der Waals surface area contributed by atoms with Gasteiger partial charge in [-0.15, -0.1) is 0 Å². The van der Waals surface area contributed by atoms with E-state index in [1.807, 2.05) is 32.0 Å². The SMILES string of the molecule is CCn1nccc1C(O)c1ccc(C)cn1. The third-order valence-electron chi connectivity index (χ3n) is 2.54. The number of aliphatic hydroxyl groups excluding tert-OH is 1. The first kappa shape index (κ1) is 10.8. The zero-order valence-electron chi connectivity index (χ0n) is 9.46. The second-order valence-electron chi connectivity index (χ2n) is 3.73. The van der Waals surface area contributed by atoms with Crippen LogP contribution in [0.5, 0.6) is 0 Å². The average Bonchev–Trinajstić information content (AvgIpc) is 2.77. The number of aliphatic hydroxyl groups is 1. The van der Waals surface area contributed by atoms with Gasteiger partial charge in [0.1, 0.15) is 6.10 Å². The fraction of sp³-hybridized carbons (Fsp3) is 0.333. The van der Waals surface area contributed by atoms with Gasteiger partial charge in [0, 0.05) is 18.9 Å². The van der Waals surface area contributed by atoms with E-state index in [4.69, 9.17) is 0 Å². The highest BCUT2D eigenvalue weighted by Gasteiger charge is 2.15. The van der Waals surface area contributed by atoms with Crippen LogP contribution in [0, 0.1) is 6.92 Å². The molecule has 0 amide bonds. The lowest BCUT2D eigenvalue weighted by Gasteiger charge is -2.11. The normalized spacial score (nSPS) is 12.7. The predicted molar refractivity (Wildman–Crippen MR) is 60.9 cm³/mol. The second-order valence-corrected chi connectivity index (χ2v) is 3.73. The maximum absolute atomic E-state index is 10.2. The van der Waals surface area contributed by atoms with E-state index in [2.05, 4.69) is 10.1 Å². The molecule has 2 aromatic heterocycles. The highest BCUT2D eigenvalue weighted by atomic mass is 16.3. The van der Waals surface area contributed by atoms with Gasteiger partial charge in [-0.05, 0) is 31.5 Å². The largest absolute Gasteiger partial charge is 0.380 e. The molecule has 84 valence electrons. The summed E-state index contributed by atoms with van der Waals surface area (Å²) in [6.07, 6.45) is 2.74. The summed E-state index contributed by atoms with van der Waals surface area (Å²) in [4.78, 5) is 4.22. The monoisotopic (exact) mass is 217 g/mol. The minimum absolute atomic E-state index is 0.654. The van der Waals surface area contributed by atoms with Gasteiger partial charge in [0.05, 0.1) is 11.4 Å². The molecule has 1 N–H and O–H groups in total. The summed E-state index contributed by atoms with van der Waals surface area (Å²) in [5, 5.41) is 14.3. The Balaban J connectivity index is 2.31. The van der Waals surface area contributed by atoms with E-state index in [0.29, 0.717) is 5.69 Å². The molecule has 0 aliphatic rings. The molecule has 0 aromatic carbocycles. The molecule has 1 atom stereocenters. The van der Waals surface area contributed by atoms with E-state index >= 15 is 0 Å². The van der Waals surface area contributed by atoms with Gasteiger partial charge >= 0.3 is 0 Å². The highest BCUT2D eigenvalue weighted by Crippen LogP contribution is 2.19. The molecule has 0 radical (unpaired) electrons. The number of hydrogen-bond donors (Lipinski definition) is 1. The second kappa shape index (κ2) is 4.45. The summed E-state index contributed by atoms with van der Waals surface area (Å²) in [5.41, 5.74) is 2.51. The molecule has 4 heteroatoms. The standard InChI is InChI=1S/C12H15N3O/c1-3-15-11(6-7-14-15)12(16)10-5-4-9(2)8-13-10/h4-8,12,16H,3H2,1-2H3. The molecule has 0 fully saturated rings. The molecule has 2 heterocycles. The van der Waals surface area contributed by atoms with Crippen LogP contribution < -0.4 is 0 Å². The van der Waals surface area contributed by atoms with Crippen molar-refractivity contribution in [3.63, 3.8) is 0 Å². The van der Waals surface area contributed by atoms with Crippen LogP contribution in [0.25, 0.3) is 0 Å². The Morgan fingerprint density at radius 3 is 2.81 bits per heavy atom. The minimum atomic E-state index is -0.706. The van der Waals surface area contributed by atoms with Crippen LogP contribution >= 0.6 is 0 Å². The summed E-state index contributed by atoms with van der Waals surface area (Å²) in [7, 11) is 0. The van der Waals surface area contributed by atoms with Crippen LogP contribution in [0.3, 0.4) is 0 Å². The summed E-state index contributed by atoms with van der Waals surface area (Å²) in [6, 6.07) is 5.60. The first-order valence-electron chi connectivity index (χ1n) is 5.34. The molecule has 0 saturated heterocycles. The maximum Gasteiger partial charge on any atom is 0.137 e. The summed E-state index contributed by atoms with van der Waals surface area (Å²) in [6.45, 7) is 4.70. The van der Waals surface area contributed by atoms with Crippen LogP contribution in [0.15, 0.2) is 30.6 Å². The molecule has 1 unspecified atom stereocenters. The molecule has 0 saturated carbocycles. The number of rotatable bonds is 3. The van der Waals surface area contributed by atoms with Crippen molar-refractivity contribution in [3.05, 3.63) is 47.5 Å². The van der Waals surface area contributed by atoms with Crippen molar-refractivity contribution in [2.75, 3.05) is 0 Å². The van der Waals surface area contributed by atoms with Gasteiger partial charge in [-0.1, -0.05) is 6.07 Å². The van der Waals surface area contributed by atoms with Crippen LogP contribution in [0.2, 0.25) is 0 Å². The lowest BCUT2D eigenvalue weighted by Crippen LogP contribution is -2.10. The summed E-state index contributed by atoms with van der Waals surface area (Å²) < 4.78 is 1.77. The molecule has 0 aliphatic heterocycles. The van der Waals surface area contributed by atoms with Gasteiger partial charge in [-0.3, -0.25) is 9.67 Å². The Bertz CT molecular complexity index is 461. The van der Waals surface area contributed by atoms with Crippen molar-refractivity contribution in [2.45, 2.75) is 26.5 Å². The fourth-order valence-corrected chi connectivity index (χ4v) is 1.63. The van der Waals surface area contributed by atoms with E-state index in [9.17, 15) is 5.11 Å². The topological polar surface area (TPSA) is 50.9 Å². The molecule has 2 aromatic rings. The molecule has 4 nitrogen and oxygen atoms in total. The van der Waals surface area contributed by atoms with E-state index in [1.165, 1.54) is 0 Å². The molecular weight excluding hydrogens is 202 g/mol. The maximum atomic E-state index is 10.2. The van der Waals surface area contributed by atoms with Gasteiger partial charge < -0.3 is 5.11 Å². The van der Waals surface area contributed by atoms with Crippen molar-refractivity contribution in [1.82, 2.24) is 14.8 Å². The van der Waals surface area contributed by atoms with Crippen LogP contribution in [0.1, 0.15) is 30.0 Å². The predicted octanol–water partition coefficient (Wildman–Crippen LogP) is 1.69. The Hall–Kier alpha value is -1.68. The first-order valence-corrected chi connectivity index (χ1v) is 5.34. The van der Waals surface area contributed by atoms with E-state index in [1.54, 1.807) is 17.1 Å². The molecule has 0 aliphatic carbocycles. The van der Waals surface area contributed by atoms with Crippen LogP contribution in [-0.2, 0) is 6.54 Å².